The normalized spacial score (nSPS) is 20.3. The van der Waals surface area contributed by atoms with Crippen molar-refractivity contribution in [2.45, 2.75) is 23.8 Å². The van der Waals surface area contributed by atoms with E-state index in [0.717, 1.165) is 12.8 Å². The van der Waals surface area contributed by atoms with Crippen LogP contribution in [-0.2, 0) is 10.0 Å². The van der Waals surface area contributed by atoms with E-state index in [0.29, 0.717) is 18.8 Å². The Morgan fingerprint density at radius 1 is 1.40 bits per heavy atom. The average molecular weight is 339 g/mol. The predicted molar refractivity (Wildman–Crippen MR) is 79.0 cm³/mol. The molecule has 8 heteroatoms. The Hall–Kier alpha value is -0.530. The predicted octanol–water partition coefficient (Wildman–Crippen LogP) is 2.11. The fraction of sp³-hybridized carbons (Fsp3) is 0.500. The van der Waals surface area contributed by atoms with Crippen molar-refractivity contribution in [1.82, 2.24) is 4.31 Å². The summed E-state index contributed by atoms with van der Waals surface area (Å²) in [4.78, 5) is -0.00897. The number of hydrogen-bond acceptors (Lipinski definition) is 4. The molecule has 1 atom stereocenters. The molecule has 0 spiro atoms. The van der Waals surface area contributed by atoms with Gasteiger partial charge in [-0.05, 0) is 18.9 Å². The monoisotopic (exact) mass is 338 g/mol. The van der Waals surface area contributed by atoms with E-state index in [1.807, 2.05) is 0 Å². The third-order valence-electron chi connectivity index (χ3n) is 3.39. The third kappa shape index (κ3) is 2.76. The second kappa shape index (κ2) is 6.07. The second-order valence-corrected chi connectivity index (χ2v) is 7.24. The maximum atomic E-state index is 12.7. The number of nitrogens with two attached hydrogens (primary N) is 1. The van der Waals surface area contributed by atoms with Gasteiger partial charge in [0.05, 0.1) is 17.2 Å². The van der Waals surface area contributed by atoms with Crippen LogP contribution in [0.2, 0.25) is 10.0 Å². The summed E-state index contributed by atoms with van der Waals surface area (Å²) in [7, 11) is -2.26. The Balaban J connectivity index is 2.47. The van der Waals surface area contributed by atoms with Crippen molar-refractivity contribution >= 4 is 33.2 Å². The molecule has 1 aromatic rings. The van der Waals surface area contributed by atoms with Gasteiger partial charge < -0.3 is 10.5 Å². The molecule has 0 bridgehead atoms. The molecule has 1 aliphatic rings. The number of nitrogens with zero attached hydrogens (tertiary/aromatic N) is 1. The topological polar surface area (TPSA) is 72.6 Å². The van der Waals surface area contributed by atoms with E-state index < -0.39 is 10.0 Å². The molecular formula is C12H16Cl2N2O3S. The van der Waals surface area contributed by atoms with Crippen LogP contribution in [0.5, 0.6) is 5.75 Å². The first-order valence-electron chi connectivity index (χ1n) is 6.16. The zero-order valence-corrected chi connectivity index (χ0v) is 13.3. The minimum atomic E-state index is -3.70. The molecule has 0 radical (unpaired) electrons. The Bertz CT molecular complexity index is 607. The quantitative estimate of drug-likeness (QED) is 0.912. The lowest BCUT2D eigenvalue weighted by Crippen LogP contribution is -2.39. The van der Waals surface area contributed by atoms with Gasteiger partial charge in [0.2, 0.25) is 10.0 Å². The van der Waals surface area contributed by atoms with Crippen LogP contribution in [0.1, 0.15) is 12.8 Å². The summed E-state index contributed by atoms with van der Waals surface area (Å²) in [5.74, 6) is 0.340. The maximum Gasteiger partial charge on any atom is 0.244 e. The van der Waals surface area contributed by atoms with Crippen LogP contribution in [0.25, 0.3) is 0 Å². The Labute approximate surface area is 128 Å². The van der Waals surface area contributed by atoms with Gasteiger partial charge in [-0.3, -0.25) is 0 Å². The van der Waals surface area contributed by atoms with Gasteiger partial charge in [0, 0.05) is 25.2 Å². The number of hydrogen-bond donors (Lipinski definition) is 1. The molecule has 1 saturated heterocycles. The standard InChI is InChI=1S/C12H16Cl2N2O3S/c1-19-11-5-10(14)12(6-9(11)13)20(17,18)16-4-2-3-8(16)7-15/h5-6,8H,2-4,7,15H2,1H3. The molecule has 0 saturated carbocycles. The second-order valence-electron chi connectivity index (χ2n) is 4.56. The molecule has 0 aliphatic carbocycles. The number of rotatable bonds is 4. The van der Waals surface area contributed by atoms with Crippen molar-refractivity contribution in [3.8, 4) is 5.75 Å². The minimum Gasteiger partial charge on any atom is -0.495 e. The van der Waals surface area contributed by atoms with Gasteiger partial charge in [-0.15, -0.1) is 0 Å². The van der Waals surface area contributed by atoms with Crippen molar-refractivity contribution in [3.05, 3.63) is 22.2 Å². The van der Waals surface area contributed by atoms with E-state index >= 15 is 0 Å². The molecule has 0 amide bonds. The molecule has 2 rings (SSSR count). The van der Waals surface area contributed by atoms with Gasteiger partial charge >= 0.3 is 0 Å². The fourth-order valence-corrected chi connectivity index (χ4v) is 4.88. The van der Waals surface area contributed by atoms with Crippen molar-refractivity contribution in [2.24, 2.45) is 5.73 Å². The summed E-state index contributed by atoms with van der Waals surface area (Å²) in [6.45, 7) is 0.741. The lowest BCUT2D eigenvalue weighted by molar-refractivity contribution is 0.392. The number of halogens is 2. The van der Waals surface area contributed by atoms with Crippen LogP contribution < -0.4 is 10.5 Å². The highest BCUT2D eigenvalue weighted by atomic mass is 35.5. The van der Waals surface area contributed by atoms with Crippen LogP contribution in [0.15, 0.2) is 17.0 Å². The van der Waals surface area contributed by atoms with Crippen molar-refractivity contribution in [2.75, 3.05) is 20.2 Å². The average Bonchev–Trinajstić information content (AvgIpc) is 2.89. The van der Waals surface area contributed by atoms with E-state index in [4.69, 9.17) is 33.7 Å². The van der Waals surface area contributed by atoms with Gasteiger partial charge in [-0.1, -0.05) is 23.2 Å². The lowest BCUT2D eigenvalue weighted by Gasteiger charge is -2.23. The van der Waals surface area contributed by atoms with E-state index in [9.17, 15) is 8.42 Å². The largest absolute Gasteiger partial charge is 0.495 e. The van der Waals surface area contributed by atoms with Gasteiger partial charge in [0.15, 0.2) is 0 Å². The molecule has 1 fully saturated rings. The third-order valence-corrected chi connectivity index (χ3v) is 6.10. The molecule has 1 aliphatic heterocycles. The molecule has 5 nitrogen and oxygen atoms in total. The highest BCUT2D eigenvalue weighted by molar-refractivity contribution is 7.89. The summed E-state index contributed by atoms with van der Waals surface area (Å²) in [6.07, 6.45) is 1.56. The highest BCUT2D eigenvalue weighted by Gasteiger charge is 2.36. The maximum absolute atomic E-state index is 12.7. The SMILES string of the molecule is COc1cc(Cl)c(S(=O)(=O)N2CCCC2CN)cc1Cl. The molecule has 20 heavy (non-hydrogen) atoms. The van der Waals surface area contributed by atoms with Crippen molar-refractivity contribution < 1.29 is 13.2 Å². The molecule has 112 valence electrons. The summed E-state index contributed by atoms with van der Waals surface area (Å²) in [6, 6.07) is 2.55. The Kier molecular flexibility index (Phi) is 4.81. The first-order chi connectivity index (χ1) is 9.41. The molecule has 2 N–H and O–H groups in total. The van der Waals surface area contributed by atoms with Crippen molar-refractivity contribution in [1.29, 1.82) is 0 Å². The van der Waals surface area contributed by atoms with E-state index in [-0.39, 0.29) is 21.0 Å². The number of benzene rings is 1. The number of methoxy groups -OCH3 is 1. The van der Waals surface area contributed by atoms with Gasteiger partial charge in [0.25, 0.3) is 0 Å². The minimum absolute atomic E-state index is 0.00897. The molecule has 0 aromatic heterocycles. The van der Waals surface area contributed by atoms with Gasteiger partial charge in [-0.2, -0.15) is 4.31 Å². The zero-order valence-electron chi connectivity index (χ0n) is 11.0. The van der Waals surface area contributed by atoms with Gasteiger partial charge in [-0.25, -0.2) is 8.42 Å². The van der Waals surface area contributed by atoms with Crippen LogP contribution in [-0.4, -0.2) is 39.0 Å². The highest BCUT2D eigenvalue weighted by Crippen LogP contribution is 2.36. The van der Waals surface area contributed by atoms with Crippen LogP contribution in [0, 0.1) is 0 Å². The van der Waals surface area contributed by atoms with Gasteiger partial charge in [0.1, 0.15) is 10.6 Å². The Morgan fingerprint density at radius 2 is 2.10 bits per heavy atom. The molecule has 1 heterocycles. The molecule has 1 aromatic carbocycles. The summed E-state index contributed by atoms with van der Waals surface area (Å²) < 4.78 is 31.7. The first-order valence-corrected chi connectivity index (χ1v) is 8.36. The fourth-order valence-electron chi connectivity index (χ4n) is 2.35. The van der Waals surface area contributed by atoms with Crippen molar-refractivity contribution in [3.63, 3.8) is 0 Å². The first kappa shape index (κ1) is 15.9. The van der Waals surface area contributed by atoms with E-state index in [1.54, 1.807) is 0 Å². The number of ether oxygens (including phenoxy) is 1. The summed E-state index contributed by atoms with van der Waals surface area (Å²) in [5.41, 5.74) is 5.63. The zero-order chi connectivity index (χ0) is 14.9. The smallest absolute Gasteiger partial charge is 0.244 e. The van der Waals surface area contributed by atoms with E-state index in [2.05, 4.69) is 0 Å². The summed E-state index contributed by atoms with van der Waals surface area (Å²) in [5, 5.41) is 0.299. The molecular weight excluding hydrogens is 323 g/mol. The lowest BCUT2D eigenvalue weighted by atomic mass is 10.2. The van der Waals surface area contributed by atoms with E-state index in [1.165, 1.54) is 23.5 Å². The van der Waals surface area contributed by atoms with Crippen LogP contribution >= 0.6 is 23.2 Å². The number of sulfonamides is 1. The van der Waals surface area contributed by atoms with Crippen LogP contribution in [0.4, 0.5) is 0 Å². The Morgan fingerprint density at radius 3 is 2.70 bits per heavy atom. The summed E-state index contributed by atoms with van der Waals surface area (Å²) >= 11 is 12.1. The van der Waals surface area contributed by atoms with Crippen LogP contribution in [0.3, 0.4) is 0 Å². The molecule has 1 unspecified atom stereocenters.